The van der Waals surface area contributed by atoms with Gasteiger partial charge in [0.2, 0.25) is 11.8 Å². The van der Waals surface area contributed by atoms with Crippen molar-refractivity contribution in [3.63, 3.8) is 0 Å². The van der Waals surface area contributed by atoms with Crippen molar-refractivity contribution in [2.45, 2.75) is 50.6 Å². The van der Waals surface area contributed by atoms with Crippen LogP contribution in [-0.2, 0) is 16.0 Å². The van der Waals surface area contributed by atoms with Gasteiger partial charge in [0.25, 0.3) is 0 Å². The van der Waals surface area contributed by atoms with Gasteiger partial charge in [-0.1, -0.05) is 55.7 Å². The number of nitrogens with zero attached hydrogens (tertiary/aromatic N) is 3. The lowest BCUT2D eigenvalue weighted by Crippen LogP contribution is -2.76. The highest BCUT2D eigenvalue weighted by Crippen LogP contribution is 2.46. The molecule has 2 atom stereocenters. The first-order valence-corrected chi connectivity index (χ1v) is 12.4. The number of anilines is 2. The Balaban J connectivity index is 1.45. The van der Waals surface area contributed by atoms with Crippen molar-refractivity contribution in [1.29, 1.82) is 0 Å². The molecule has 1 N–H and O–H groups in total. The molecule has 3 aliphatic heterocycles. The number of hydrogen-bond donors (Lipinski definition) is 1. The topological polar surface area (TPSA) is 73.0 Å². The third kappa shape index (κ3) is 3.13. The van der Waals surface area contributed by atoms with Gasteiger partial charge in [-0.15, -0.1) is 0 Å². The van der Waals surface area contributed by atoms with Gasteiger partial charge in [0.1, 0.15) is 0 Å². The van der Waals surface area contributed by atoms with Crippen molar-refractivity contribution >= 4 is 29.2 Å². The number of carbonyl (C=O) groups is 3. The minimum absolute atomic E-state index is 0.134. The fourth-order valence-corrected chi connectivity index (χ4v) is 6.52. The number of fused-ring (bicyclic) bond motifs is 4. The van der Waals surface area contributed by atoms with Crippen molar-refractivity contribution in [2.75, 3.05) is 29.4 Å². The van der Waals surface area contributed by atoms with Crippen molar-refractivity contribution in [3.05, 3.63) is 60.2 Å². The quantitative estimate of drug-likeness (QED) is 0.699. The Hall–Kier alpha value is -3.35. The predicted molar refractivity (Wildman–Crippen MR) is 130 cm³/mol. The van der Waals surface area contributed by atoms with E-state index in [0.717, 1.165) is 55.6 Å². The van der Waals surface area contributed by atoms with Gasteiger partial charge in [0, 0.05) is 37.1 Å². The molecule has 4 aliphatic rings. The second-order valence-electron chi connectivity index (χ2n) is 9.99. The van der Waals surface area contributed by atoms with E-state index in [1.54, 1.807) is 0 Å². The number of benzene rings is 2. The van der Waals surface area contributed by atoms with Gasteiger partial charge in [-0.3, -0.25) is 19.8 Å². The zero-order chi connectivity index (χ0) is 23.3. The summed E-state index contributed by atoms with van der Waals surface area (Å²) in [4.78, 5) is 46.9. The number of barbiturate groups is 1. The van der Waals surface area contributed by atoms with Crippen LogP contribution in [0.3, 0.4) is 0 Å². The number of para-hydroxylation sites is 2. The van der Waals surface area contributed by atoms with Gasteiger partial charge in [-0.05, 0) is 43.0 Å². The summed E-state index contributed by atoms with van der Waals surface area (Å²) in [6.45, 7) is 2.05. The van der Waals surface area contributed by atoms with Crippen LogP contribution in [0, 0.1) is 5.41 Å². The molecule has 0 bridgehead atoms. The molecule has 0 radical (unpaired) electrons. The lowest BCUT2D eigenvalue weighted by Gasteiger charge is -2.56. The summed E-state index contributed by atoms with van der Waals surface area (Å²) >= 11 is 0. The van der Waals surface area contributed by atoms with Gasteiger partial charge in [-0.25, -0.2) is 4.79 Å². The molecule has 2 aromatic carbocycles. The van der Waals surface area contributed by atoms with E-state index in [1.165, 1.54) is 4.90 Å². The molecule has 1 spiro atoms. The monoisotopic (exact) mass is 458 g/mol. The van der Waals surface area contributed by atoms with E-state index in [4.69, 9.17) is 0 Å². The van der Waals surface area contributed by atoms with Crippen LogP contribution >= 0.6 is 0 Å². The van der Waals surface area contributed by atoms with Crippen LogP contribution in [0.25, 0.3) is 0 Å². The summed E-state index contributed by atoms with van der Waals surface area (Å²) in [5.74, 6) is -0.762. The summed E-state index contributed by atoms with van der Waals surface area (Å²) < 4.78 is 0. The summed E-state index contributed by atoms with van der Waals surface area (Å²) in [6.07, 6.45) is 5.06. The molecule has 6 rings (SSSR count). The van der Waals surface area contributed by atoms with Crippen molar-refractivity contribution in [3.8, 4) is 0 Å². The summed E-state index contributed by atoms with van der Waals surface area (Å²) in [7, 11) is 0. The Bertz CT molecular complexity index is 1130. The number of carbonyl (C=O) groups excluding carboxylic acids is 3. The average Bonchev–Trinajstić information content (AvgIpc) is 2.88. The second kappa shape index (κ2) is 8.15. The van der Waals surface area contributed by atoms with E-state index < -0.39 is 17.4 Å². The maximum Gasteiger partial charge on any atom is 0.331 e. The lowest BCUT2D eigenvalue weighted by atomic mass is 9.67. The molecule has 1 unspecified atom stereocenters. The van der Waals surface area contributed by atoms with Crippen molar-refractivity contribution < 1.29 is 14.4 Å². The van der Waals surface area contributed by atoms with E-state index in [1.807, 2.05) is 36.4 Å². The average molecular weight is 459 g/mol. The Morgan fingerprint density at radius 3 is 2.38 bits per heavy atom. The van der Waals surface area contributed by atoms with Crippen LogP contribution in [0.2, 0.25) is 0 Å². The van der Waals surface area contributed by atoms with Crippen LogP contribution < -0.4 is 15.1 Å². The van der Waals surface area contributed by atoms with E-state index in [2.05, 4.69) is 33.3 Å². The normalized spacial score (nSPS) is 27.5. The minimum atomic E-state index is -1.33. The maximum absolute atomic E-state index is 14.3. The molecule has 1 aliphatic carbocycles. The van der Waals surface area contributed by atoms with E-state index in [9.17, 15) is 14.4 Å². The highest BCUT2D eigenvalue weighted by atomic mass is 16.2. The number of piperazine rings is 1. The highest BCUT2D eigenvalue weighted by Gasteiger charge is 2.63. The molecule has 3 fully saturated rings. The van der Waals surface area contributed by atoms with Crippen molar-refractivity contribution in [2.24, 2.45) is 5.41 Å². The third-order valence-electron chi connectivity index (χ3n) is 8.23. The molecular formula is C27H30N4O3. The fraction of sp³-hybridized carbons (Fsp3) is 0.444. The van der Waals surface area contributed by atoms with Crippen molar-refractivity contribution in [1.82, 2.24) is 10.2 Å². The molecule has 3 heterocycles. The summed E-state index contributed by atoms with van der Waals surface area (Å²) in [5, 5.41) is 2.62. The predicted octanol–water partition coefficient (Wildman–Crippen LogP) is 3.34. The molecule has 7 nitrogen and oxygen atoms in total. The minimum Gasteiger partial charge on any atom is -0.368 e. The van der Waals surface area contributed by atoms with Crippen LogP contribution in [0.1, 0.15) is 37.7 Å². The van der Waals surface area contributed by atoms with Crippen LogP contribution in [0.4, 0.5) is 16.2 Å². The number of urea groups is 1. The third-order valence-corrected chi connectivity index (χ3v) is 8.23. The Morgan fingerprint density at radius 2 is 1.59 bits per heavy atom. The van der Waals surface area contributed by atoms with Gasteiger partial charge < -0.3 is 9.80 Å². The van der Waals surface area contributed by atoms with Crippen LogP contribution in [-0.4, -0.2) is 54.5 Å². The Labute approximate surface area is 199 Å². The number of imide groups is 2. The number of rotatable bonds is 2. The molecule has 176 valence electrons. The number of amides is 4. The van der Waals surface area contributed by atoms with E-state index >= 15 is 0 Å². The fourth-order valence-electron chi connectivity index (χ4n) is 6.52. The molecule has 2 saturated heterocycles. The molecular weight excluding hydrogens is 428 g/mol. The zero-order valence-electron chi connectivity index (χ0n) is 19.3. The first-order valence-electron chi connectivity index (χ1n) is 12.4. The van der Waals surface area contributed by atoms with Crippen LogP contribution in [0.5, 0.6) is 0 Å². The number of hydrogen-bond acceptors (Lipinski definition) is 5. The second-order valence-corrected chi connectivity index (χ2v) is 9.99. The Morgan fingerprint density at radius 1 is 0.853 bits per heavy atom. The van der Waals surface area contributed by atoms with Crippen LogP contribution in [0.15, 0.2) is 54.6 Å². The first kappa shape index (κ1) is 21.2. The number of nitrogens with one attached hydrogen (secondary N) is 1. The van der Waals surface area contributed by atoms with E-state index in [-0.39, 0.29) is 18.0 Å². The SMILES string of the molecule is O=C1NC(=O)[C@]2(Cc3ccccc3N3CCN(c4ccccc4)CC32)C(=O)N1C1CCCCC1. The molecule has 1 saturated carbocycles. The lowest BCUT2D eigenvalue weighted by molar-refractivity contribution is -0.155. The zero-order valence-corrected chi connectivity index (χ0v) is 19.3. The van der Waals surface area contributed by atoms with Gasteiger partial charge in [0.15, 0.2) is 5.41 Å². The standard InChI is InChI=1S/C27H30N4O3/c32-24-27(25(33)31(26(34)28-24)21-12-5-2-6-13-21)17-19-9-7-8-14-22(19)30-16-15-29(18-23(27)30)20-10-3-1-4-11-20/h1,3-4,7-11,14,21,23H,2,5-6,12-13,15-18H2,(H,28,32,34)/t23?,27-/m1/s1. The first-order chi connectivity index (χ1) is 16.6. The largest absolute Gasteiger partial charge is 0.368 e. The highest BCUT2D eigenvalue weighted by molar-refractivity contribution is 6.20. The molecule has 34 heavy (non-hydrogen) atoms. The van der Waals surface area contributed by atoms with Gasteiger partial charge in [0.05, 0.1) is 6.04 Å². The molecule has 7 heteroatoms. The molecule has 4 amide bonds. The Kier molecular flexibility index (Phi) is 5.08. The maximum atomic E-state index is 14.3. The van der Waals surface area contributed by atoms with Gasteiger partial charge in [-0.2, -0.15) is 0 Å². The summed E-state index contributed by atoms with van der Waals surface area (Å²) in [5.41, 5.74) is 1.84. The molecule has 2 aromatic rings. The summed E-state index contributed by atoms with van der Waals surface area (Å²) in [6, 6.07) is 17.2. The van der Waals surface area contributed by atoms with E-state index in [0.29, 0.717) is 19.5 Å². The molecule has 0 aromatic heterocycles. The van der Waals surface area contributed by atoms with Gasteiger partial charge >= 0.3 is 6.03 Å². The smallest absolute Gasteiger partial charge is 0.331 e.